The summed E-state index contributed by atoms with van der Waals surface area (Å²) in [6.45, 7) is -0.463. The molecule has 0 radical (unpaired) electrons. The quantitative estimate of drug-likeness (QED) is 0.401. The molecule has 0 aliphatic rings. The Labute approximate surface area is 93.2 Å². The van der Waals surface area contributed by atoms with Crippen LogP contribution in [0.3, 0.4) is 0 Å². The third-order valence-corrected chi connectivity index (χ3v) is 2.02. The van der Waals surface area contributed by atoms with Crippen molar-refractivity contribution < 1.29 is 35.1 Å². The van der Waals surface area contributed by atoms with Crippen molar-refractivity contribution >= 4 is 22.6 Å². The third kappa shape index (κ3) is 3.59. The molecule has 0 N–H and O–H groups in total. The summed E-state index contributed by atoms with van der Waals surface area (Å²) in [6, 6.07) is 0. The summed E-state index contributed by atoms with van der Waals surface area (Å²) in [6.07, 6.45) is -8.41. The average Bonchev–Trinajstić information content (AvgIpc) is 1.77. The van der Waals surface area contributed by atoms with Crippen LogP contribution >= 0.6 is 22.6 Å². The molecule has 0 saturated carbocycles. The monoisotopic (exact) mass is 356 g/mol. The van der Waals surface area contributed by atoms with Crippen LogP contribution in [0.15, 0.2) is 0 Å². The van der Waals surface area contributed by atoms with Crippen LogP contribution in [-0.2, 0) is 0 Å². The van der Waals surface area contributed by atoms with Gasteiger partial charge in [0, 0.05) is 0 Å². The highest BCUT2D eigenvalue weighted by Crippen LogP contribution is 2.50. The standard InChI is InChI=1S/C6H5F8I/c1-3(7,6(12,13)14)4(8,9)2-5(10,11)15/h2H2,1H3. The molecular formula is C6H5F8I. The van der Waals surface area contributed by atoms with Gasteiger partial charge in [0.05, 0.1) is 6.42 Å². The summed E-state index contributed by atoms with van der Waals surface area (Å²) in [5.41, 5.74) is -4.98. The van der Waals surface area contributed by atoms with E-state index in [1.165, 1.54) is 0 Å². The summed E-state index contributed by atoms with van der Waals surface area (Å²) >= 11 is 0.223. The summed E-state index contributed by atoms with van der Waals surface area (Å²) in [4.78, 5) is 0. The van der Waals surface area contributed by atoms with Gasteiger partial charge in [-0.3, -0.25) is 0 Å². The maximum Gasteiger partial charge on any atom is 0.428 e. The Kier molecular flexibility index (Phi) is 3.92. The van der Waals surface area contributed by atoms with Crippen LogP contribution in [-0.4, -0.2) is 21.7 Å². The minimum absolute atomic E-state index is 0.223. The van der Waals surface area contributed by atoms with E-state index >= 15 is 0 Å². The van der Waals surface area contributed by atoms with Crippen molar-refractivity contribution in [3.8, 4) is 0 Å². The van der Waals surface area contributed by atoms with E-state index in [1.54, 1.807) is 0 Å². The van der Waals surface area contributed by atoms with Crippen LogP contribution in [0, 0.1) is 0 Å². The number of halogens is 9. The summed E-state index contributed by atoms with van der Waals surface area (Å²) in [5.74, 6) is -5.18. The molecule has 0 aromatic carbocycles. The molecule has 0 aliphatic carbocycles. The predicted molar refractivity (Wildman–Crippen MR) is 44.1 cm³/mol. The number of hydrogen-bond donors (Lipinski definition) is 0. The van der Waals surface area contributed by atoms with Gasteiger partial charge >= 0.3 is 10.1 Å². The number of hydrogen-bond acceptors (Lipinski definition) is 0. The first-order valence-corrected chi connectivity index (χ1v) is 4.49. The lowest BCUT2D eigenvalue weighted by Crippen LogP contribution is -2.54. The zero-order valence-electron chi connectivity index (χ0n) is 7.11. The maximum atomic E-state index is 12.7. The lowest BCUT2D eigenvalue weighted by molar-refractivity contribution is -0.301. The summed E-state index contributed by atoms with van der Waals surface area (Å²) in [5, 5.41) is 0. The molecule has 1 unspecified atom stereocenters. The van der Waals surface area contributed by atoms with Crippen LogP contribution in [0.5, 0.6) is 0 Å². The van der Waals surface area contributed by atoms with Gasteiger partial charge in [-0.1, -0.05) is 0 Å². The fourth-order valence-corrected chi connectivity index (χ4v) is 1.10. The second-order valence-corrected chi connectivity index (χ2v) is 4.58. The fourth-order valence-electron chi connectivity index (χ4n) is 0.625. The van der Waals surface area contributed by atoms with Gasteiger partial charge in [0.1, 0.15) is 0 Å². The average molecular weight is 356 g/mol. The zero-order valence-corrected chi connectivity index (χ0v) is 9.27. The highest BCUT2D eigenvalue weighted by molar-refractivity contribution is 14.1. The van der Waals surface area contributed by atoms with E-state index in [2.05, 4.69) is 0 Å². The van der Waals surface area contributed by atoms with Gasteiger partial charge < -0.3 is 0 Å². The second kappa shape index (κ2) is 3.88. The molecule has 0 amide bonds. The first kappa shape index (κ1) is 15.2. The highest BCUT2D eigenvalue weighted by atomic mass is 127. The molecule has 0 aromatic heterocycles. The van der Waals surface area contributed by atoms with E-state index in [-0.39, 0.29) is 22.6 Å². The minimum Gasteiger partial charge on any atom is -0.227 e. The Morgan fingerprint density at radius 1 is 0.867 bits per heavy atom. The Bertz CT molecular complexity index is 224. The van der Waals surface area contributed by atoms with E-state index in [4.69, 9.17) is 0 Å². The molecule has 0 nitrogen and oxygen atoms in total. The Hall–Kier alpha value is 0.170. The SMILES string of the molecule is CC(F)(C(F)(F)F)C(F)(F)CC(F)(F)I. The predicted octanol–water partition coefficient (Wildman–Crippen LogP) is 4.33. The third-order valence-electron chi connectivity index (χ3n) is 1.64. The molecule has 0 aromatic rings. The van der Waals surface area contributed by atoms with Crippen LogP contribution in [0.2, 0.25) is 0 Å². The van der Waals surface area contributed by atoms with E-state index in [1.807, 2.05) is 0 Å². The lowest BCUT2D eigenvalue weighted by atomic mass is 9.97. The van der Waals surface area contributed by atoms with E-state index in [0.717, 1.165) is 0 Å². The van der Waals surface area contributed by atoms with Gasteiger partial charge in [-0.25, -0.2) is 13.2 Å². The van der Waals surface area contributed by atoms with E-state index in [9.17, 15) is 35.1 Å². The Morgan fingerprint density at radius 2 is 1.20 bits per heavy atom. The van der Waals surface area contributed by atoms with Crippen LogP contribution < -0.4 is 0 Å². The maximum absolute atomic E-state index is 12.7. The van der Waals surface area contributed by atoms with Crippen molar-refractivity contribution in [1.29, 1.82) is 0 Å². The number of rotatable bonds is 3. The molecule has 92 valence electrons. The molecule has 9 heteroatoms. The molecule has 0 fully saturated rings. The largest absolute Gasteiger partial charge is 0.428 e. The molecule has 0 bridgehead atoms. The Balaban J connectivity index is 5.03. The second-order valence-electron chi connectivity index (χ2n) is 3.00. The first-order valence-electron chi connectivity index (χ1n) is 3.41. The molecule has 1 atom stereocenters. The van der Waals surface area contributed by atoms with E-state index < -0.39 is 35.0 Å². The van der Waals surface area contributed by atoms with Crippen molar-refractivity contribution in [3.05, 3.63) is 0 Å². The lowest BCUT2D eigenvalue weighted by Gasteiger charge is -2.32. The van der Waals surface area contributed by atoms with Crippen LogP contribution in [0.4, 0.5) is 35.1 Å². The van der Waals surface area contributed by atoms with Gasteiger partial charge in [0.2, 0.25) is 0 Å². The van der Waals surface area contributed by atoms with Crippen molar-refractivity contribution in [1.82, 2.24) is 0 Å². The molecule has 0 saturated heterocycles. The van der Waals surface area contributed by atoms with Gasteiger partial charge in [-0.15, -0.1) is 0 Å². The van der Waals surface area contributed by atoms with Gasteiger partial charge in [-0.2, -0.15) is 22.0 Å². The van der Waals surface area contributed by atoms with Crippen molar-refractivity contribution in [2.24, 2.45) is 0 Å². The highest BCUT2D eigenvalue weighted by Gasteiger charge is 2.69. The summed E-state index contributed by atoms with van der Waals surface area (Å²) < 4.78 is 93.4. The van der Waals surface area contributed by atoms with Gasteiger partial charge in [0.15, 0.2) is 0 Å². The van der Waals surface area contributed by atoms with Crippen molar-refractivity contribution in [2.45, 2.75) is 35.0 Å². The number of alkyl halides is 9. The van der Waals surface area contributed by atoms with Crippen LogP contribution in [0.25, 0.3) is 0 Å². The van der Waals surface area contributed by atoms with Gasteiger partial charge in [0.25, 0.3) is 11.6 Å². The van der Waals surface area contributed by atoms with Crippen molar-refractivity contribution in [2.75, 3.05) is 0 Å². The smallest absolute Gasteiger partial charge is 0.227 e. The topological polar surface area (TPSA) is 0 Å². The molecule has 0 rings (SSSR count). The fraction of sp³-hybridized carbons (Fsp3) is 1.00. The zero-order chi connectivity index (χ0) is 12.7. The summed E-state index contributed by atoms with van der Waals surface area (Å²) in [7, 11) is 0. The van der Waals surface area contributed by atoms with E-state index in [0.29, 0.717) is 0 Å². The van der Waals surface area contributed by atoms with Crippen molar-refractivity contribution in [3.63, 3.8) is 0 Å². The molecule has 0 spiro atoms. The first-order chi connectivity index (χ1) is 6.21. The molecule has 0 aliphatic heterocycles. The molecule has 15 heavy (non-hydrogen) atoms. The normalized spacial score (nSPS) is 18.8. The van der Waals surface area contributed by atoms with Crippen LogP contribution in [0.1, 0.15) is 13.3 Å². The molecule has 0 heterocycles. The Morgan fingerprint density at radius 3 is 1.40 bits per heavy atom. The molecular weight excluding hydrogens is 351 g/mol. The minimum atomic E-state index is -5.90. The van der Waals surface area contributed by atoms with Gasteiger partial charge in [-0.05, 0) is 29.5 Å².